The molecule has 5 atom stereocenters. The minimum Gasteiger partial charge on any atom is -0.391 e. The number of likely N-dealkylation sites (tertiary alicyclic amines) is 1. The zero-order valence-corrected chi connectivity index (χ0v) is 19.9. The van der Waals surface area contributed by atoms with Gasteiger partial charge in [0.1, 0.15) is 0 Å². The fourth-order valence-electron chi connectivity index (χ4n) is 5.02. The number of hydrogen-bond donors (Lipinski definition) is 1. The molecule has 1 fully saturated rings. The molecule has 1 aliphatic heterocycles. The number of carbonyl (C=O) groups is 1. The normalized spacial score (nSPS) is 25.9. The number of allylic oxidation sites excluding steroid dienone is 1. The van der Waals surface area contributed by atoms with E-state index in [1.165, 1.54) is 0 Å². The number of benzene rings is 2. The van der Waals surface area contributed by atoms with Crippen LogP contribution in [-0.4, -0.2) is 28.1 Å². The monoisotopic (exact) mass is 459 g/mol. The summed E-state index contributed by atoms with van der Waals surface area (Å²) in [5, 5.41) is 12.0. The number of aliphatic hydroxyl groups is 1. The number of hydrogen-bond acceptors (Lipinski definition) is 2. The maximum atomic E-state index is 14.0. The number of aliphatic hydroxyl groups excluding tert-OH is 1. The van der Waals surface area contributed by atoms with Crippen LogP contribution in [0.25, 0.3) is 0 Å². The van der Waals surface area contributed by atoms with E-state index in [-0.39, 0.29) is 23.9 Å². The molecule has 0 saturated carbocycles. The molecule has 1 N–H and O–H groups in total. The number of rotatable bonds is 7. The molecule has 0 aromatic heterocycles. The van der Waals surface area contributed by atoms with E-state index < -0.39 is 11.5 Å². The summed E-state index contributed by atoms with van der Waals surface area (Å²) in [6, 6.07) is 15.0. The van der Waals surface area contributed by atoms with Crippen molar-refractivity contribution in [3.8, 4) is 0 Å². The third-order valence-corrected chi connectivity index (χ3v) is 7.00. The molecule has 3 unspecified atom stereocenters. The third-order valence-electron chi connectivity index (χ3n) is 6.52. The van der Waals surface area contributed by atoms with Gasteiger partial charge in [0.25, 0.3) is 0 Å². The summed E-state index contributed by atoms with van der Waals surface area (Å²) in [6.07, 6.45) is 3.05. The largest absolute Gasteiger partial charge is 0.391 e. The zero-order valence-electron chi connectivity index (χ0n) is 18.4. The van der Waals surface area contributed by atoms with E-state index >= 15 is 0 Å². The molecular weight excluding hydrogens is 429 g/mol. The van der Waals surface area contributed by atoms with Gasteiger partial charge in [-0.15, -0.1) is 6.58 Å². The molecule has 1 amide bonds. The van der Waals surface area contributed by atoms with Crippen molar-refractivity contribution in [1.29, 1.82) is 0 Å². The van der Waals surface area contributed by atoms with Crippen LogP contribution in [0.3, 0.4) is 0 Å². The molecule has 0 bridgehead atoms. The van der Waals surface area contributed by atoms with E-state index in [9.17, 15) is 9.90 Å². The van der Waals surface area contributed by atoms with Crippen molar-refractivity contribution in [3.05, 3.63) is 82.4 Å². The Bertz CT molecular complexity index is 927. The lowest BCUT2D eigenvalue weighted by Crippen LogP contribution is -2.57. The highest BCUT2D eigenvalue weighted by Gasteiger charge is 2.51. The molecule has 2 aromatic rings. The van der Waals surface area contributed by atoms with Gasteiger partial charge in [0, 0.05) is 16.0 Å². The van der Waals surface area contributed by atoms with E-state index in [1.807, 2.05) is 67.3 Å². The average Bonchev–Trinajstić information content (AvgIpc) is 2.72. The molecule has 1 heterocycles. The lowest BCUT2D eigenvalue weighted by atomic mass is 9.67. The third kappa shape index (κ3) is 4.84. The van der Waals surface area contributed by atoms with Crippen molar-refractivity contribution in [3.63, 3.8) is 0 Å². The van der Waals surface area contributed by atoms with Gasteiger partial charge in [-0.2, -0.15) is 0 Å². The van der Waals surface area contributed by atoms with E-state index in [1.54, 1.807) is 6.92 Å². The van der Waals surface area contributed by atoms with Gasteiger partial charge in [0.2, 0.25) is 5.91 Å². The zero-order chi connectivity index (χ0) is 22.8. The Kier molecular flexibility index (Phi) is 7.51. The summed E-state index contributed by atoms with van der Waals surface area (Å²) in [5.41, 5.74) is 1.48. The van der Waals surface area contributed by atoms with Crippen LogP contribution in [0.15, 0.2) is 61.2 Å². The van der Waals surface area contributed by atoms with Gasteiger partial charge in [0.05, 0.1) is 23.6 Å². The molecule has 166 valence electrons. The number of carbonyl (C=O) groups excluding carboxylic acids is 1. The molecule has 2 aromatic carbocycles. The molecule has 0 radical (unpaired) electrons. The fourth-order valence-corrected chi connectivity index (χ4v) is 5.35. The quantitative estimate of drug-likeness (QED) is 0.462. The van der Waals surface area contributed by atoms with Gasteiger partial charge in [-0.05, 0) is 61.6 Å². The van der Waals surface area contributed by atoms with Crippen LogP contribution in [0.2, 0.25) is 10.0 Å². The number of halogens is 2. The Morgan fingerprint density at radius 3 is 2.42 bits per heavy atom. The first-order chi connectivity index (χ1) is 14.7. The number of piperidine rings is 1. The molecule has 0 spiro atoms. The number of nitrogens with zero attached hydrogens (tertiary/aromatic N) is 1. The Hall–Kier alpha value is -1.81. The van der Waals surface area contributed by atoms with E-state index in [4.69, 9.17) is 23.2 Å². The van der Waals surface area contributed by atoms with Crippen molar-refractivity contribution < 1.29 is 9.90 Å². The highest BCUT2D eigenvalue weighted by molar-refractivity contribution is 6.30. The van der Waals surface area contributed by atoms with E-state index in [0.717, 1.165) is 11.1 Å². The highest BCUT2D eigenvalue weighted by atomic mass is 35.5. The molecule has 1 aliphatic rings. The molecular formula is C26H31Cl2NO2. The lowest BCUT2D eigenvalue weighted by molar-refractivity contribution is -0.158. The van der Waals surface area contributed by atoms with Crippen LogP contribution in [0.5, 0.6) is 0 Å². The lowest BCUT2D eigenvalue weighted by Gasteiger charge is -2.52. The van der Waals surface area contributed by atoms with Crippen LogP contribution < -0.4 is 0 Å². The summed E-state index contributed by atoms with van der Waals surface area (Å²) < 4.78 is 0. The van der Waals surface area contributed by atoms with Gasteiger partial charge in [-0.25, -0.2) is 0 Å². The Morgan fingerprint density at radius 1 is 1.19 bits per heavy atom. The summed E-state index contributed by atoms with van der Waals surface area (Å²) in [7, 11) is 0. The summed E-state index contributed by atoms with van der Waals surface area (Å²) >= 11 is 12.5. The number of amides is 1. The first-order valence-corrected chi connectivity index (χ1v) is 11.6. The predicted octanol–water partition coefficient (Wildman–Crippen LogP) is 6.79. The molecule has 1 saturated heterocycles. The van der Waals surface area contributed by atoms with Crippen molar-refractivity contribution in [2.24, 2.45) is 5.41 Å². The maximum absolute atomic E-state index is 14.0. The van der Waals surface area contributed by atoms with Crippen LogP contribution in [0.4, 0.5) is 0 Å². The van der Waals surface area contributed by atoms with Crippen molar-refractivity contribution in [2.45, 2.75) is 64.1 Å². The molecule has 31 heavy (non-hydrogen) atoms. The van der Waals surface area contributed by atoms with Crippen molar-refractivity contribution in [1.82, 2.24) is 4.90 Å². The summed E-state index contributed by atoms with van der Waals surface area (Å²) in [5.74, 6) is 0.0636. The molecule has 3 rings (SSSR count). The highest BCUT2D eigenvalue weighted by Crippen LogP contribution is 2.52. The Morgan fingerprint density at radius 2 is 1.87 bits per heavy atom. The van der Waals surface area contributed by atoms with Crippen molar-refractivity contribution in [2.75, 3.05) is 0 Å². The smallest absolute Gasteiger partial charge is 0.229 e. The van der Waals surface area contributed by atoms with Gasteiger partial charge < -0.3 is 10.0 Å². The van der Waals surface area contributed by atoms with Crippen LogP contribution in [-0.2, 0) is 4.79 Å². The van der Waals surface area contributed by atoms with Gasteiger partial charge >= 0.3 is 0 Å². The minimum absolute atomic E-state index is 0.00956. The molecule has 5 heteroatoms. The maximum Gasteiger partial charge on any atom is 0.229 e. The van der Waals surface area contributed by atoms with Crippen LogP contribution >= 0.6 is 23.2 Å². The minimum atomic E-state index is -0.658. The Labute approximate surface area is 195 Å². The van der Waals surface area contributed by atoms with Gasteiger partial charge in [-0.3, -0.25) is 4.79 Å². The predicted molar refractivity (Wildman–Crippen MR) is 129 cm³/mol. The standard InChI is InChI=1S/C26H31Cl2NO2/c1-5-14-26(4)16-22(19-8-7-9-21(28)15-19)24(18-10-12-20(27)13-11-18)29(25(26)31)23(6-2)17(3)30/h5,7-13,15,17,22-24,30H,1,6,14,16H2,2-4H3/t17-,22?,23-,24?,26?/m1/s1. The second-order valence-corrected chi connectivity index (χ2v) is 9.72. The molecule has 3 nitrogen and oxygen atoms in total. The van der Waals surface area contributed by atoms with Crippen LogP contribution in [0, 0.1) is 5.41 Å². The molecule has 0 aliphatic carbocycles. The van der Waals surface area contributed by atoms with Crippen molar-refractivity contribution >= 4 is 29.1 Å². The topological polar surface area (TPSA) is 40.5 Å². The van der Waals surface area contributed by atoms with Gasteiger partial charge in [-0.1, -0.05) is 67.4 Å². The SMILES string of the molecule is C=CCC1(C)CC(c2cccc(Cl)c2)C(c2ccc(Cl)cc2)N([C@H](CC)[C@@H](C)O)C1=O. The van der Waals surface area contributed by atoms with Crippen LogP contribution in [0.1, 0.15) is 63.1 Å². The first-order valence-electron chi connectivity index (χ1n) is 10.8. The summed E-state index contributed by atoms with van der Waals surface area (Å²) in [6.45, 7) is 9.68. The van der Waals surface area contributed by atoms with E-state index in [0.29, 0.717) is 29.3 Å². The second-order valence-electron chi connectivity index (χ2n) is 8.84. The fraction of sp³-hybridized carbons (Fsp3) is 0.423. The van der Waals surface area contributed by atoms with Gasteiger partial charge in [0.15, 0.2) is 0 Å². The summed E-state index contributed by atoms with van der Waals surface area (Å²) in [4.78, 5) is 15.9. The first kappa shape index (κ1) is 23.8. The average molecular weight is 460 g/mol. The Balaban J connectivity index is 2.24. The second kappa shape index (κ2) is 9.77. The van der Waals surface area contributed by atoms with E-state index in [2.05, 4.69) is 12.6 Å².